The number of aromatic nitrogens is 1. The molecule has 2 rings (SSSR count). The van der Waals surface area contributed by atoms with Crippen LogP contribution in [0.25, 0.3) is 0 Å². The van der Waals surface area contributed by atoms with E-state index in [1.807, 2.05) is 17.5 Å². The highest BCUT2D eigenvalue weighted by Crippen LogP contribution is 2.36. The first-order valence-corrected chi connectivity index (χ1v) is 6.97. The molecule has 1 N–H and O–H groups in total. The summed E-state index contributed by atoms with van der Waals surface area (Å²) in [4.78, 5) is 5.18. The van der Waals surface area contributed by atoms with Crippen molar-refractivity contribution >= 4 is 22.9 Å². The molecular formula is C13H15ClN2OS. The van der Waals surface area contributed by atoms with Gasteiger partial charge in [0.15, 0.2) is 0 Å². The zero-order chi connectivity index (χ0) is 13.0. The predicted molar refractivity (Wildman–Crippen MR) is 75.6 cm³/mol. The summed E-state index contributed by atoms with van der Waals surface area (Å²) in [5.41, 5.74) is 1.05. The Hall–Kier alpha value is -1.10. The fraction of sp³-hybridized carbons (Fsp3) is 0.308. The number of pyridine rings is 1. The van der Waals surface area contributed by atoms with E-state index >= 15 is 0 Å². The third-order valence-corrected chi connectivity index (χ3v) is 4.09. The zero-order valence-electron chi connectivity index (χ0n) is 10.3. The van der Waals surface area contributed by atoms with Gasteiger partial charge >= 0.3 is 0 Å². The smallest absolute Gasteiger partial charge is 0.142 e. The second-order valence-corrected chi connectivity index (χ2v) is 5.10. The Bertz CT molecular complexity index is 515. The average molecular weight is 283 g/mol. The summed E-state index contributed by atoms with van der Waals surface area (Å²) in [6, 6.07) is 3.92. The first-order valence-electron chi connectivity index (χ1n) is 5.72. The van der Waals surface area contributed by atoms with Gasteiger partial charge in [0.1, 0.15) is 5.75 Å². The van der Waals surface area contributed by atoms with Crippen molar-refractivity contribution in [1.82, 2.24) is 10.3 Å². The molecule has 96 valence electrons. The lowest BCUT2D eigenvalue weighted by Gasteiger charge is -2.19. The average Bonchev–Trinajstić information content (AvgIpc) is 2.82. The van der Waals surface area contributed by atoms with Gasteiger partial charge in [-0.25, -0.2) is 0 Å². The van der Waals surface area contributed by atoms with E-state index in [2.05, 4.69) is 17.2 Å². The number of hydrogen-bond acceptors (Lipinski definition) is 4. The lowest BCUT2D eigenvalue weighted by atomic mass is 10.1. The number of ether oxygens (including phenoxy) is 1. The standard InChI is InChI=1S/C13H15ClN2OS/c1-3-16-12(13-10(14)5-7-18-13)9-4-6-15-8-11(9)17-2/h4-8,12,16H,3H2,1-2H3. The molecule has 0 aromatic carbocycles. The molecular weight excluding hydrogens is 268 g/mol. The summed E-state index contributed by atoms with van der Waals surface area (Å²) in [7, 11) is 1.65. The van der Waals surface area contributed by atoms with Crippen LogP contribution in [0.3, 0.4) is 0 Å². The van der Waals surface area contributed by atoms with E-state index in [0.29, 0.717) is 0 Å². The van der Waals surface area contributed by atoms with Gasteiger partial charge in [-0.1, -0.05) is 18.5 Å². The summed E-state index contributed by atoms with van der Waals surface area (Å²) in [6.45, 7) is 2.92. The number of halogens is 1. The van der Waals surface area contributed by atoms with E-state index in [9.17, 15) is 0 Å². The van der Waals surface area contributed by atoms with Crippen molar-refractivity contribution in [2.45, 2.75) is 13.0 Å². The van der Waals surface area contributed by atoms with Crippen LogP contribution in [0.5, 0.6) is 5.75 Å². The minimum absolute atomic E-state index is 0.0421. The van der Waals surface area contributed by atoms with Crippen molar-refractivity contribution in [2.75, 3.05) is 13.7 Å². The highest BCUT2D eigenvalue weighted by atomic mass is 35.5. The quantitative estimate of drug-likeness (QED) is 0.911. The van der Waals surface area contributed by atoms with Crippen LogP contribution in [0.1, 0.15) is 23.4 Å². The van der Waals surface area contributed by atoms with E-state index < -0.39 is 0 Å². The first-order chi connectivity index (χ1) is 8.77. The summed E-state index contributed by atoms with van der Waals surface area (Å²) in [6.07, 6.45) is 3.49. The van der Waals surface area contributed by atoms with Gasteiger partial charge in [0.2, 0.25) is 0 Å². The zero-order valence-corrected chi connectivity index (χ0v) is 11.9. The summed E-state index contributed by atoms with van der Waals surface area (Å²) < 4.78 is 5.37. The van der Waals surface area contributed by atoms with Crippen LogP contribution in [-0.2, 0) is 0 Å². The van der Waals surface area contributed by atoms with Crippen LogP contribution in [-0.4, -0.2) is 18.6 Å². The molecule has 3 nitrogen and oxygen atoms in total. The Morgan fingerprint density at radius 3 is 2.94 bits per heavy atom. The molecule has 0 aliphatic heterocycles. The first kappa shape index (κ1) is 13.3. The van der Waals surface area contributed by atoms with Gasteiger partial charge in [0.05, 0.1) is 24.4 Å². The van der Waals surface area contributed by atoms with Gasteiger partial charge < -0.3 is 10.1 Å². The summed E-state index contributed by atoms with van der Waals surface area (Å²) in [5.74, 6) is 0.771. The number of thiophene rings is 1. The van der Waals surface area contributed by atoms with E-state index in [-0.39, 0.29) is 6.04 Å². The largest absolute Gasteiger partial charge is 0.495 e. The molecule has 0 aliphatic rings. The van der Waals surface area contributed by atoms with E-state index in [0.717, 1.165) is 27.8 Å². The van der Waals surface area contributed by atoms with Crippen LogP contribution >= 0.6 is 22.9 Å². The lowest BCUT2D eigenvalue weighted by Crippen LogP contribution is -2.22. The van der Waals surface area contributed by atoms with Crippen molar-refractivity contribution in [1.29, 1.82) is 0 Å². The minimum Gasteiger partial charge on any atom is -0.495 e. The molecule has 0 saturated heterocycles. The third kappa shape index (κ3) is 2.66. The van der Waals surface area contributed by atoms with Crippen LogP contribution < -0.4 is 10.1 Å². The minimum atomic E-state index is 0.0421. The molecule has 0 spiro atoms. The van der Waals surface area contributed by atoms with Gasteiger partial charge in [0, 0.05) is 16.6 Å². The Morgan fingerprint density at radius 2 is 2.33 bits per heavy atom. The SMILES string of the molecule is CCNC(c1ccncc1OC)c1sccc1Cl. The molecule has 1 unspecified atom stereocenters. The molecule has 0 aliphatic carbocycles. The van der Waals surface area contributed by atoms with Crippen molar-refractivity contribution in [3.8, 4) is 5.75 Å². The molecule has 1 atom stereocenters. The number of nitrogens with zero attached hydrogens (tertiary/aromatic N) is 1. The topological polar surface area (TPSA) is 34.2 Å². The van der Waals surface area contributed by atoms with Gasteiger partial charge in [-0.05, 0) is 24.1 Å². The van der Waals surface area contributed by atoms with Gasteiger partial charge in [0.25, 0.3) is 0 Å². The number of rotatable bonds is 5. The second-order valence-electron chi connectivity index (χ2n) is 3.74. The van der Waals surface area contributed by atoms with Crippen molar-refractivity contribution in [3.05, 3.63) is 45.4 Å². The van der Waals surface area contributed by atoms with Gasteiger partial charge in [-0.3, -0.25) is 4.98 Å². The lowest BCUT2D eigenvalue weighted by molar-refractivity contribution is 0.402. The highest BCUT2D eigenvalue weighted by Gasteiger charge is 2.20. The Kier molecular flexibility index (Phi) is 4.58. The van der Waals surface area contributed by atoms with E-state index in [1.165, 1.54) is 0 Å². The molecule has 2 aromatic rings. The predicted octanol–water partition coefficient (Wildman–Crippen LogP) is 3.50. The van der Waals surface area contributed by atoms with Crippen molar-refractivity contribution in [3.63, 3.8) is 0 Å². The fourth-order valence-corrected chi connectivity index (χ4v) is 3.12. The molecule has 2 aromatic heterocycles. The summed E-state index contributed by atoms with van der Waals surface area (Å²) in [5, 5.41) is 6.21. The van der Waals surface area contributed by atoms with Crippen LogP contribution in [0.4, 0.5) is 0 Å². The third-order valence-electron chi connectivity index (χ3n) is 2.66. The molecule has 18 heavy (non-hydrogen) atoms. The van der Waals surface area contributed by atoms with Gasteiger partial charge in [-0.15, -0.1) is 11.3 Å². The molecule has 0 saturated carbocycles. The molecule has 0 fully saturated rings. The maximum atomic E-state index is 6.23. The molecule has 0 bridgehead atoms. The van der Waals surface area contributed by atoms with Gasteiger partial charge in [-0.2, -0.15) is 0 Å². The van der Waals surface area contributed by atoms with Crippen LogP contribution in [0.2, 0.25) is 5.02 Å². The number of nitrogens with one attached hydrogen (secondary N) is 1. The molecule has 5 heteroatoms. The molecule has 0 amide bonds. The second kappa shape index (κ2) is 6.18. The Morgan fingerprint density at radius 1 is 1.50 bits per heavy atom. The maximum absolute atomic E-state index is 6.23. The highest BCUT2D eigenvalue weighted by molar-refractivity contribution is 7.10. The van der Waals surface area contributed by atoms with Crippen LogP contribution in [0.15, 0.2) is 29.9 Å². The fourth-order valence-electron chi connectivity index (χ4n) is 1.86. The van der Waals surface area contributed by atoms with Crippen molar-refractivity contribution < 1.29 is 4.74 Å². The maximum Gasteiger partial charge on any atom is 0.142 e. The number of hydrogen-bond donors (Lipinski definition) is 1. The van der Waals surface area contributed by atoms with E-state index in [4.69, 9.17) is 16.3 Å². The van der Waals surface area contributed by atoms with Crippen molar-refractivity contribution in [2.24, 2.45) is 0 Å². The monoisotopic (exact) mass is 282 g/mol. The molecule has 0 radical (unpaired) electrons. The normalized spacial score (nSPS) is 12.4. The summed E-state index contributed by atoms with van der Waals surface area (Å²) >= 11 is 7.87. The van der Waals surface area contributed by atoms with E-state index in [1.54, 1.807) is 30.8 Å². The van der Waals surface area contributed by atoms with Crippen LogP contribution in [0, 0.1) is 0 Å². The number of methoxy groups -OCH3 is 1. The molecule has 2 heterocycles. The Balaban J connectivity index is 2.45. The Labute approximate surface area is 116 Å².